The molecule has 4 nitrogen and oxygen atoms in total. The van der Waals surface area contributed by atoms with Crippen molar-refractivity contribution in [2.24, 2.45) is 0 Å². The molecule has 17 heavy (non-hydrogen) atoms. The van der Waals surface area contributed by atoms with E-state index >= 15 is 0 Å². The van der Waals surface area contributed by atoms with Gasteiger partial charge in [-0.15, -0.1) is 11.3 Å². The maximum Gasteiger partial charge on any atom is 0.0826 e. The van der Waals surface area contributed by atoms with Crippen molar-refractivity contribution in [3.63, 3.8) is 0 Å². The second kappa shape index (κ2) is 5.91. The molecule has 1 aromatic heterocycles. The summed E-state index contributed by atoms with van der Waals surface area (Å²) in [6.45, 7) is 8.06. The Morgan fingerprint density at radius 3 is 3.18 bits per heavy atom. The molecule has 2 heterocycles. The first kappa shape index (κ1) is 13.0. The lowest BCUT2D eigenvalue weighted by Crippen LogP contribution is -2.45. The van der Waals surface area contributed by atoms with Gasteiger partial charge < -0.3 is 15.0 Å². The molecule has 1 aromatic rings. The van der Waals surface area contributed by atoms with Crippen molar-refractivity contribution in [2.75, 3.05) is 33.3 Å². The predicted molar refractivity (Wildman–Crippen MR) is 70.5 cm³/mol. The minimum atomic E-state index is 0.310. The van der Waals surface area contributed by atoms with Crippen molar-refractivity contribution in [1.29, 1.82) is 0 Å². The van der Waals surface area contributed by atoms with Crippen LogP contribution in [-0.4, -0.2) is 49.3 Å². The molecule has 96 valence electrons. The van der Waals surface area contributed by atoms with Crippen molar-refractivity contribution in [2.45, 2.75) is 26.0 Å². The molecule has 0 aromatic carbocycles. The monoisotopic (exact) mass is 255 g/mol. The molecule has 2 unspecified atom stereocenters. The van der Waals surface area contributed by atoms with Crippen LogP contribution in [0.1, 0.15) is 23.5 Å². The molecule has 2 rings (SSSR count). The minimum Gasteiger partial charge on any atom is -0.374 e. The predicted octanol–water partition coefficient (Wildman–Crippen LogP) is 1.43. The van der Waals surface area contributed by atoms with Gasteiger partial charge in [-0.25, -0.2) is 4.98 Å². The SMILES string of the molecule is Cc1ncsc1C(C)NCC1CN(C)CCO1. The molecule has 0 amide bonds. The average molecular weight is 255 g/mol. The lowest BCUT2D eigenvalue weighted by atomic mass is 10.2. The van der Waals surface area contributed by atoms with E-state index in [4.69, 9.17) is 4.74 Å². The molecule has 1 N–H and O–H groups in total. The minimum absolute atomic E-state index is 0.310. The molecule has 0 radical (unpaired) electrons. The van der Waals surface area contributed by atoms with Crippen molar-refractivity contribution in [3.8, 4) is 0 Å². The Bertz CT molecular complexity index is 355. The van der Waals surface area contributed by atoms with Gasteiger partial charge in [-0.1, -0.05) is 0 Å². The fourth-order valence-corrected chi connectivity index (χ4v) is 2.95. The Labute approximate surface area is 107 Å². The van der Waals surface area contributed by atoms with Crippen LogP contribution in [0.2, 0.25) is 0 Å². The van der Waals surface area contributed by atoms with E-state index in [2.05, 4.69) is 36.1 Å². The van der Waals surface area contributed by atoms with Crippen molar-refractivity contribution in [3.05, 3.63) is 16.1 Å². The molecule has 1 saturated heterocycles. The number of nitrogens with zero attached hydrogens (tertiary/aromatic N) is 2. The number of ether oxygens (including phenoxy) is 1. The summed E-state index contributed by atoms with van der Waals surface area (Å²) in [6.07, 6.45) is 0.310. The van der Waals surface area contributed by atoms with Crippen LogP contribution in [0.3, 0.4) is 0 Å². The topological polar surface area (TPSA) is 37.4 Å². The maximum absolute atomic E-state index is 5.73. The van der Waals surface area contributed by atoms with E-state index in [0.29, 0.717) is 12.1 Å². The number of aryl methyl sites for hydroxylation is 1. The van der Waals surface area contributed by atoms with Crippen LogP contribution in [-0.2, 0) is 4.74 Å². The summed E-state index contributed by atoms with van der Waals surface area (Å²) >= 11 is 1.72. The normalized spacial score (nSPS) is 23.8. The number of hydrogen-bond acceptors (Lipinski definition) is 5. The second-order valence-electron chi connectivity index (χ2n) is 4.69. The summed E-state index contributed by atoms with van der Waals surface area (Å²) < 4.78 is 5.73. The van der Waals surface area contributed by atoms with Gasteiger partial charge in [0, 0.05) is 30.6 Å². The quantitative estimate of drug-likeness (QED) is 0.883. The number of hydrogen-bond donors (Lipinski definition) is 1. The van der Waals surface area contributed by atoms with Gasteiger partial charge in [0.15, 0.2) is 0 Å². The smallest absolute Gasteiger partial charge is 0.0826 e. The van der Waals surface area contributed by atoms with E-state index in [0.717, 1.165) is 31.9 Å². The molecule has 5 heteroatoms. The summed E-state index contributed by atoms with van der Waals surface area (Å²) in [6, 6.07) is 0.360. The highest BCUT2D eigenvalue weighted by Crippen LogP contribution is 2.21. The van der Waals surface area contributed by atoms with Crippen LogP contribution < -0.4 is 5.32 Å². The van der Waals surface area contributed by atoms with Gasteiger partial charge in [0.05, 0.1) is 23.9 Å². The molecule has 0 saturated carbocycles. The summed E-state index contributed by atoms with van der Waals surface area (Å²) in [7, 11) is 2.15. The van der Waals surface area contributed by atoms with Gasteiger partial charge in [0.1, 0.15) is 0 Å². The summed E-state index contributed by atoms with van der Waals surface area (Å²) in [5.74, 6) is 0. The molecule has 1 aliphatic rings. The fraction of sp³-hybridized carbons (Fsp3) is 0.750. The first-order valence-corrected chi connectivity index (χ1v) is 6.98. The lowest BCUT2D eigenvalue weighted by Gasteiger charge is -2.30. The van der Waals surface area contributed by atoms with Crippen LogP contribution >= 0.6 is 11.3 Å². The average Bonchev–Trinajstić information content (AvgIpc) is 2.72. The Kier molecular flexibility index (Phi) is 4.50. The fourth-order valence-electron chi connectivity index (χ4n) is 2.12. The zero-order valence-electron chi connectivity index (χ0n) is 10.8. The van der Waals surface area contributed by atoms with Gasteiger partial charge in [-0.05, 0) is 20.9 Å². The molecule has 1 fully saturated rings. The van der Waals surface area contributed by atoms with Gasteiger partial charge in [-0.2, -0.15) is 0 Å². The highest BCUT2D eigenvalue weighted by atomic mass is 32.1. The third kappa shape index (κ3) is 3.48. The number of thiazole rings is 1. The molecule has 0 bridgehead atoms. The Balaban J connectivity index is 1.80. The largest absolute Gasteiger partial charge is 0.374 e. The van der Waals surface area contributed by atoms with Crippen molar-refractivity contribution < 1.29 is 4.74 Å². The zero-order chi connectivity index (χ0) is 12.3. The molecule has 1 aliphatic heterocycles. The Morgan fingerprint density at radius 2 is 2.53 bits per heavy atom. The third-order valence-corrected chi connectivity index (χ3v) is 4.28. The zero-order valence-corrected chi connectivity index (χ0v) is 11.6. The molecular formula is C12H21N3OS. The van der Waals surface area contributed by atoms with Gasteiger partial charge in [0.25, 0.3) is 0 Å². The van der Waals surface area contributed by atoms with Crippen LogP contribution in [0, 0.1) is 6.92 Å². The second-order valence-corrected chi connectivity index (χ2v) is 5.57. The van der Waals surface area contributed by atoms with E-state index in [1.54, 1.807) is 11.3 Å². The van der Waals surface area contributed by atoms with Crippen LogP contribution in [0.4, 0.5) is 0 Å². The molecule has 0 spiro atoms. The van der Waals surface area contributed by atoms with E-state index in [1.165, 1.54) is 4.88 Å². The van der Waals surface area contributed by atoms with Gasteiger partial charge in [-0.3, -0.25) is 0 Å². The molecular weight excluding hydrogens is 234 g/mol. The lowest BCUT2D eigenvalue weighted by molar-refractivity contribution is -0.0190. The van der Waals surface area contributed by atoms with Crippen molar-refractivity contribution in [1.82, 2.24) is 15.2 Å². The molecule has 2 atom stereocenters. The van der Waals surface area contributed by atoms with Crippen molar-refractivity contribution >= 4 is 11.3 Å². The maximum atomic E-state index is 5.73. The van der Waals surface area contributed by atoms with E-state index < -0.39 is 0 Å². The highest BCUT2D eigenvalue weighted by molar-refractivity contribution is 7.09. The number of likely N-dealkylation sites (N-methyl/N-ethyl adjacent to an activating group) is 1. The number of aromatic nitrogens is 1. The summed E-state index contributed by atoms with van der Waals surface area (Å²) in [5.41, 5.74) is 3.05. The standard InChI is InChI=1S/C12H21N3OS/c1-9(12-10(2)14-8-17-12)13-6-11-7-15(3)4-5-16-11/h8-9,11,13H,4-7H2,1-3H3. The van der Waals surface area contributed by atoms with E-state index in [9.17, 15) is 0 Å². The van der Waals surface area contributed by atoms with E-state index in [-0.39, 0.29) is 0 Å². The summed E-state index contributed by atoms with van der Waals surface area (Å²) in [5, 5.41) is 3.53. The van der Waals surface area contributed by atoms with Gasteiger partial charge >= 0.3 is 0 Å². The first-order chi connectivity index (χ1) is 8.16. The van der Waals surface area contributed by atoms with Crippen LogP contribution in [0.5, 0.6) is 0 Å². The molecule has 0 aliphatic carbocycles. The Morgan fingerprint density at radius 1 is 1.71 bits per heavy atom. The number of rotatable bonds is 4. The van der Waals surface area contributed by atoms with Crippen LogP contribution in [0.25, 0.3) is 0 Å². The Hall–Kier alpha value is -0.490. The number of morpholine rings is 1. The highest BCUT2D eigenvalue weighted by Gasteiger charge is 2.19. The third-order valence-electron chi connectivity index (χ3n) is 3.17. The van der Waals surface area contributed by atoms with E-state index in [1.807, 2.05) is 5.51 Å². The van der Waals surface area contributed by atoms with Gasteiger partial charge in [0.2, 0.25) is 0 Å². The first-order valence-electron chi connectivity index (χ1n) is 6.10. The summed E-state index contributed by atoms with van der Waals surface area (Å²) in [4.78, 5) is 7.93. The number of nitrogens with one attached hydrogen (secondary N) is 1. The van der Waals surface area contributed by atoms with Crippen LogP contribution in [0.15, 0.2) is 5.51 Å².